The Bertz CT molecular complexity index is 844. The van der Waals surface area contributed by atoms with E-state index in [1.165, 1.54) is 7.11 Å². The lowest BCUT2D eigenvalue weighted by atomic mass is 10.1. The van der Waals surface area contributed by atoms with Crippen LogP contribution >= 0.6 is 0 Å². The molecule has 134 valence electrons. The number of carbonyl (C=O) groups excluding carboxylic acids is 3. The van der Waals surface area contributed by atoms with Crippen LogP contribution in [0.5, 0.6) is 11.5 Å². The van der Waals surface area contributed by atoms with Crippen LogP contribution in [0.3, 0.4) is 0 Å². The van der Waals surface area contributed by atoms with Gasteiger partial charge in [0.15, 0.2) is 11.9 Å². The van der Waals surface area contributed by atoms with Gasteiger partial charge in [0.05, 0.1) is 19.2 Å². The molecule has 3 rings (SSSR count). The third-order valence-electron chi connectivity index (χ3n) is 4.26. The van der Waals surface area contributed by atoms with Crippen molar-refractivity contribution in [3.63, 3.8) is 0 Å². The lowest BCUT2D eigenvalue weighted by molar-refractivity contribution is -0.135. The summed E-state index contributed by atoms with van der Waals surface area (Å²) in [5.41, 5.74) is 0.678. The molecule has 1 aliphatic rings. The number of methoxy groups -OCH3 is 1. The molecule has 0 fully saturated rings. The summed E-state index contributed by atoms with van der Waals surface area (Å²) in [6, 6.07) is 13.2. The quantitative estimate of drug-likeness (QED) is 0.610. The number of rotatable bonds is 5. The Hall–Kier alpha value is -3.15. The normalized spacial score (nSPS) is 16.5. The zero-order valence-corrected chi connectivity index (χ0v) is 14.6. The standard InChI is InChI=1S/C20H19NO5/c1-3-17-20(24)21(19(23)15-6-4-5-7-18(15)26-17)12-16(22)13-8-10-14(25-2)11-9-13/h4-11,17H,3,12H2,1-2H3/t17-/m1/s1. The average molecular weight is 353 g/mol. The number of ketones is 1. The van der Waals surface area contributed by atoms with E-state index in [1.54, 1.807) is 55.5 Å². The van der Waals surface area contributed by atoms with Crippen LogP contribution in [0.2, 0.25) is 0 Å². The molecule has 0 bridgehead atoms. The Labute approximate surface area is 151 Å². The fourth-order valence-electron chi connectivity index (χ4n) is 2.79. The van der Waals surface area contributed by atoms with Gasteiger partial charge in [-0.2, -0.15) is 0 Å². The molecule has 2 amide bonds. The average Bonchev–Trinajstić information content (AvgIpc) is 2.78. The first-order chi connectivity index (χ1) is 12.5. The number of imide groups is 1. The van der Waals surface area contributed by atoms with E-state index in [0.717, 1.165) is 4.90 Å². The molecule has 1 heterocycles. The van der Waals surface area contributed by atoms with Crippen LogP contribution in [0.15, 0.2) is 48.5 Å². The lowest BCUT2D eigenvalue weighted by Gasteiger charge is -2.21. The summed E-state index contributed by atoms with van der Waals surface area (Å²) < 4.78 is 10.8. The first-order valence-electron chi connectivity index (χ1n) is 8.33. The van der Waals surface area contributed by atoms with Crippen LogP contribution in [0.25, 0.3) is 0 Å². The van der Waals surface area contributed by atoms with Crippen molar-refractivity contribution >= 4 is 17.6 Å². The number of hydrogen-bond donors (Lipinski definition) is 0. The minimum atomic E-state index is -0.800. The van der Waals surface area contributed by atoms with Crippen molar-refractivity contribution < 1.29 is 23.9 Å². The molecule has 0 N–H and O–H groups in total. The molecular formula is C20H19NO5. The molecule has 2 aromatic rings. The molecule has 0 aromatic heterocycles. The predicted octanol–water partition coefficient (Wildman–Crippen LogP) is 2.72. The molecule has 0 saturated carbocycles. The Morgan fingerprint density at radius 2 is 1.81 bits per heavy atom. The van der Waals surface area contributed by atoms with Crippen molar-refractivity contribution in [3.05, 3.63) is 59.7 Å². The maximum absolute atomic E-state index is 12.8. The lowest BCUT2D eigenvalue weighted by Crippen LogP contribution is -2.45. The summed E-state index contributed by atoms with van der Waals surface area (Å²) in [6.45, 7) is 1.46. The van der Waals surface area contributed by atoms with Gasteiger partial charge in [0.25, 0.3) is 11.8 Å². The van der Waals surface area contributed by atoms with Crippen LogP contribution in [0.4, 0.5) is 0 Å². The highest BCUT2D eigenvalue weighted by Crippen LogP contribution is 2.26. The zero-order chi connectivity index (χ0) is 18.7. The molecule has 0 unspecified atom stereocenters. The van der Waals surface area contributed by atoms with E-state index < -0.39 is 17.9 Å². The number of ether oxygens (including phenoxy) is 2. The molecule has 0 saturated heterocycles. The second-order valence-electron chi connectivity index (χ2n) is 5.89. The maximum atomic E-state index is 12.8. The van der Waals surface area contributed by atoms with E-state index in [-0.39, 0.29) is 17.9 Å². The van der Waals surface area contributed by atoms with E-state index in [0.29, 0.717) is 23.5 Å². The van der Waals surface area contributed by atoms with Gasteiger partial charge in [0.1, 0.15) is 11.5 Å². The highest BCUT2D eigenvalue weighted by molar-refractivity contribution is 6.12. The van der Waals surface area contributed by atoms with Crippen LogP contribution < -0.4 is 9.47 Å². The molecule has 26 heavy (non-hydrogen) atoms. The first kappa shape index (κ1) is 17.7. The molecule has 0 spiro atoms. The summed E-state index contributed by atoms with van der Waals surface area (Å²) >= 11 is 0. The molecule has 1 atom stereocenters. The summed E-state index contributed by atoms with van der Waals surface area (Å²) in [6.07, 6.45) is -0.403. The monoisotopic (exact) mass is 353 g/mol. The number of para-hydroxylation sites is 1. The molecule has 2 aromatic carbocycles. The second kappa shape index (κ2) is 7.39. The van der Waals surface area contributed by atoms with Gasteiger partial charge in [-0.05, 0) is 42.8 Å². The van der Waals surface area contributed by atoms with Gasteiger partial charge in [-0.25, -0.2) is 0 Å². The van der Waals surface area contributed by atoms with Crippen LogP contribution in [-0.4, -0.2) is 42.3 Å². The van der Waals surface area contributed by atoms with Crippen molar-refractivity contribution in [2.24, 2.45) is 0 Å². The third kappa shape index (κ3) is 3.31. The van der Waals surface area contributed by atoms with Crippen molar-refractivity contribution in [2.75, 3.05) is 13.7 Å². The number of amides is 2. The number of fused-ring (bicyclic) bond motifs is 1. The molecule has 6 nitrogen and oxygen atoms in total. The minimum Gasteiger partial charge on any atom is -0.497 e. The fraction of sp³-hybridized carbons (Fsp3) is 0.250. The number of benzene rings is 2. The molecule has 0 aliphatic carbocycles. The van der Waals surface area contributed by atoms with E-state index in [1.807, 2.05) is 0 Å². The number of nitrogens with zero attached hydrogens (tertiary/aromatic N) is 1. The van der Waals surface area contributed by atoms with Gasteiger partial charge in [-0.1, -0.05) is 19.1 Å². The highest BCUT2D eigenvalue weighted by atomic mass is 16.5. The van der Waals surface area contributed by atoms with Crippen LogP contribution in [0, 0.1) is 0 Å². The van der Waals surface area contributed by atoms with E-state index >= 15 is 0 Å². The van der Waals surface area contributed by atoms with Gasteiger partial charge < -0.3 is 9.47 Å². The van der Waals surface area contributed by atoms with Gasteiger partial charge >= 0.3 is 0 Å². The smallest absolute Gasteiger partial charge is 0.270 e. The fourth-order valence-corrected chi connectivity index (χ4v) is 2.79. The Morgan fingerprint density at radius 1 is 1.12 bits per heavy atom. The van der Waals surface area contributed by atoms with Crippen molar-refractivity contribution in [2.45, 2.75) is 19.4 Å². The molecule has 6 heteroatoms. The Kier molecular flexibility index (Phi) is 5.02. The maximum Gasteiger partial charge on any atom is 0.270 e. The summed E-state index contributed by atoms with van der Waals surface area (Å²) in [4.78, 5) is 39.1. The second-order valence-corrected chi connectivity index (χ2v) is 5.89. The third-order valence-corrected chi connectivity index (χ3v) is 4.26. The SMILES string of the molecule is CC[C@H]1Oc2ccccc2C(=O)N(CC(=O)c2ccc(OC)cc2)C1=O. The van der Waals surface area contributed by atoms with Gasteiger partial charge in [0, 0.05) is 5.56 Å². The van der Waals surface area contributed by atoms with Crippen LogP contribution in [0.1, 0.15) is 34.1 Å². The number of hydrogen-bond acceptors (Lipinski definition) is 5. The minimum absolute atomic E-state index is 0.277. The van der Waals surface area contributed by atoms with Gasteiger partial charge in [0.2, 0.25) is 0 Å². The summed E-state index contributed by atoms with van der Waals surface area (Å²) in [5, 5.41) is 0. The summed E-state index contributed by atoms with van der Waals surface area (Å²) in [5.74, 6) is -0.378. The summed E-state index contributed by atoms with van der Waals surface area (Å²) in [7, 11) is 1.54. The van der Waals surface area contributed by atoms with E-state index in [9.17, 15) is 14.4 Å². The molecular weight excluding hydrogens is 334 g/mol. The van der Waals surface area contributed by atoms with Gasteiger partial charge in [-0.15, -0.1) is 0 Å². The first-order valence-corrected chi connectivity index (χ1v) is 8.33. The van der Waals surface area contributed by atoms with E-state index in [4.69, 9.17) is 9.47 Å². The van der Waals surface area contributed by atoms with Crippen LogP contribution in [-0.2, 0) is 4.79 Å². The highest BCUT2D eigenvalue weighted by Gasteiger charge is 2.36. The van der Waals surface area contributed by atoms with Crippen molar-refractivity contribution in [1.29, 1.82) is 0 Å². The topological polar surface area (TPSA) is 72.9 Å². The number of Topliss-reactive ketones (excluding diaryl/α,β-unsaturated/α-hetero) is 1. The molecule has 0 radical (unpaired) electrons. The largest absolute Gasteiger partial charge is 0.497 e. The van der Waals surface area contributed by atoms with Crippen molar-refractivity contribution in [1.82, 2.24) is 4.90 Å². The molecule has 1 aliphatic heterocycles. The van der Waals surface area contributed by atoms with Crippen molar-refractivity contribution in [3.8, 4) is 11.5 Å². The Morgan fingerprint density at radius 3 is 2.46 bits per heavy atom. The van der Waals surface area contributed by atoms with Gasteiger partial charge in [-0.3, -0.25) is 19.3 Å². The Balaban J connectivity index is 1.90. The number of carbonyl (C=O) groups is 3. The zero-order valence-electron chi connectivity index (χ0n) is 14.6. The predicted molar refractivity (Wildman–Crippen MR) is 94.5 cm³/mol. The van der Waals surface area contributed by atoms with E-state index in [2.05, 4.69) is 0 Å².